The Morgan fingerprint density at radius 2 is 2.08 bits per heavy atom. The molecule has 0 saturated carbocycles. The Morgan fingerprint density at radius 3 is 2.77 bits per heavy atom. The largest absolute Gasteiger partial charge is 0.461 e. The lowest BCUT2D eigenvalue weighted by Gasteiger charge is -2.19. The molecule has 0 aliphatic carbocycles. The van der Waals surface area contributed by atoms with Crippen LogP contribution in [0.1, 0.15) is 29.9 Å². The van der Waals surface area contributed by atoms with Gasteiger partial charge in [0.1, 0.15) is 5.82 Å². The summed E-state index contributed by atoms with van der Waals surface area (Å²) in [6, 6.07) is 12.1. The number of halogens is 1. The minimum Gasteiger partial charge on any atom is -0.461 e. The number of aryl methyl sites for hydroxylation is 1. The van der Waals surface area contributed by atoms with Crippen molar-refractivity contribution in [2.75, 3.05) is 7.05 Å². The van der Waals surface area contributed by atoms with Crippen LogP contribution in [-0.2, 0) is 6.54 Å². The van der Waals surface area contributed by atoms with Crippen LogP contribution in [0.15, 0.2) is 52.1 Å². The molecule has 0 spiro atoms. The van der Waals surface area contributed by atoms with Gasteiger partial charge < -0.3 is 15.1 Å². The molecule has 0 radical (unpaired) electrons. The number of nitrogens with one attached hydrogen (secondary N) is 3. The monoisotopic (exact) mass is 466 g/mol. The van der Waals surface area contributed by atoms with Gasteiger partial charge in [0, 0.05) is 7.05 Å². The molecule has 2 aromatic heterocycles. The number of aromatic amines is 1. The molecule has 3 N–H and O–H groups in total. The number of rotatable bonds is 5. The van der Waals surface area contributed by atoms with Gasteiger partial charge in [-0.3, -0.25) is 10.1 Å². The van der Waals surface area contributed by atoms with Crippen molar-refractivity contribution in [2.24, 2.45) is 4.99 Å². The molecule has 138 valence electrons. The fourth-order valence-electron chi connectivity index (χ4n) is 2.61. The standard InChI is InChI=1S/C18H22N6O.HI/c1-12-7-4-5-8-14(12)13(2)21-18(19-3)20-11-16-22-17(24-23-16)15-9-6-10-25-15;/h4-10,13H,11H2,1-3H3,(H2,19,20,21)(H,22,23,24);1H. The van der Waals surface area contributed by atoms with Gasteiger partial charge in [-0.1, -0.05) is 24.3 Å². The fraction of sp³-hybridized carbons (Fsp3) is 0.278. The van der Waals surface area contributed by atoms with E-state index in [9.17, 15) is 0 Å². The third kappa shape index (κ3) is 4.84. The molecule has 3 rings (SSSR count). The van der Waals surface area contributed by atoms with Gasteiger partial charge in [-0.05, 0) is 37.1 Å². The quantitative estimate of drug-likeness (QED) is 0.305. The van der Waals surface area contributed by atoms with Crippen LogP contribution in [0.25, 0.3) is 11.6 Å². The number of aliphatic imine (C=N–C) groups is 1. The van der Waals surface area contributed by atoms with E-state index in [2.05, 4.69) is 56.8 Å². The second-order valence-corrected chi connectivity index (χ2v) is 5.73. The molecule has 0 fully saturated rings. The summed E-state index contributed by atoms with van der Waals surface area (Å²) in [5, 5.41) is 13.7. The molecule has 0 saturated heterocycles. The molecule has 7 nitrogen and oxygen atoms in total. The van der Waals surface area contributed by atoms with Crippen molar-refractivity contribution in [3.8, 4) is 11.6 Å². The average molecular weight is 466 g/mol. The summed E-state index contributed by atoms with van der Waals surface area (Å²) < 4.78 is 5.29. The number of nitrogens with zero attached hydrogens (tertiary/aromatic N) is 3. The van der Waals surface area contributed by atoms with E-state index in [1.807, 2.05) is 24.3 Å². The Bertz CT molecular complexity index is 843. The molecule has 0 amide bonds. The number of aromatic nitrogens is 3. The van der Waals surface area contributed by atoms with Gasteiger partial charge in [0.05, 0.1) is 18.8 Å². The van der Waals surface area contributed by atoms with E-state index >= 15 is 0 Å². The molecule has 2 heterocycles. The SMILES string of the molecule is CN=C(NCc1nc(-c2ccco2)n[nH]1)NC(C)c1ccccc1C.I. The number of hydrogen-bond acceptors (Lipinski definition) is 4. The summed E-state index contributed by atoms with van der Waals surface area (Å²) in [6.45, 7) is 4.70. The Morgan fingerprint density at radius 1 is 1.27 bits per heavy atom. The van der Waals surface area contributed by atoms with Crippen molar-refractivity contribution in [1.82, 2.24) is 25.8 Å². The Kier molecular flexibility index (Phi) is 7.19. The van der Waals surface area contributed by atoms with E-state index in [4.69, 9.17) is 4.42 Å². The first-order chi connectivity index (χ1) is 12.2. The van der Waals surface area contributed by atoms with Crippen LogP contribution < -0.4 is 10.6 Å². The second kappa shape index (κ2) is 9.37. The van der Waals surface area contributed by atoms with Crippen LogP contribution >= 0.6 is 24.0 Å². The first kappa shape index (κ1) is 20.0. The van der Waals surface area contributed by atoms with Crippen molar-refractivity contribution in [1.29, 1.82) is 0 Å². The van der Waals surface area contributed by atoms with Gasteiger partial charge in [-0.15, -0.1) is 29.1 Å². The Balaban J connectivity index is 0.00000243. The predicted molar refractivity (Wildman–Crippen MR) is 112 cm³/mol. The maximum Gasteiger partial charge on any atom is 0.216 e. The number of hydrogen-bond donors (Lipinski definition) is 3. The average Bonchev–Trinajstić information content (AvgIpc) is 3.30. The van der Waals surface area contributed by atoms with Crippen molar-refractivity contribution < 1.29 is 4.42 Å². The number of benzene rings is 1. The number of guanidine groups is 1. The van der Waals surface area contributed by atoms with E-state index in [1.54, 1.807) is 13.3 Å². The molecule has 0 aliphatic rings. The highest BCUT2D eigenvalue weighted by molar-refractivity contribution is 14.0. The van der Waals surface area contributed by atoms with Gasteiger partial charge in [0.15, 0.2) is 11.7 Å². The lowest BCUT2D eigenvalue weighted by molar-refractivity contribution is 0.577. The normalized spacial score (nSPS) is 12.3. The highest BCUT2D eigenvalue weighted by Crippen LogP contribution is 2.16. The van der Waals surface area contributed by atoms with E-state index in [-0.39, 0.29) is 30.0 Å². The summed E-state index contributed by atoms with van der Waals surface area (Å²) >= 11 is 0. The summed E-state index contributed by atoms with van der Waals surface area (Å²) in [5.41, 5.74) is 2.49. The summed E-state index contributed by atoms with van der Waals surface area (Å²) in [7, 11) is 1.74. The molecular formula is C18H23IN6O. The maximum absolute atomic E-state index is 5.29. The molecule has 1 unspecified atom stereocenters. The summed E-state index contributed by atoms with van der Waals surface area (Å²) in [5.74, 6) is 2.58. The zero-order valence-electron chi connectivity index (χ0n) is 15.0. The van der Waals surface area contributed by atoms with Gasteiger partial charge in [0.25, 0.3) is 0 Å². The smallest absolute Gasteiger partial charge is 0.216 e. The highest BCUT2D eigenvalue weighted by Gasteiger charge is 2.11. The van der Waals surface area contributed by atoms with Crippen LogP contribution in [-0.4, -0.2) is 28.2 Å². The molecule has 8 heteroatoms. The molecule has 0 aliphatic heterocycles. The Labute approximate surface area is 169 Å². The van der Waals surface area contributed by atoms with E-state index < -0.39 is 0 Å². The topological polar surface area (TPSA) is 91.1 Å². The zero-order chi connectivity index (χ0) is 17.6. The lowest BCUT2D eigenvalue weighted by atomic mass is 10.0. The van der Waals surface area contributed by atoms with Gasteiger partial charge in [-0.25, -0.2) is 4.98 Å². The van der Waals surface area contributed by atoms with Gasteiger partial charge in [0.2, 0.25) is 5.82 Å². The van der Waals surface area contributed by atoms with E-state index in [0.717, 1.165) is 0 Å². The third-order valence-corrected chi connectivity index (χ3v) is 3.93. The third-order valence-electron chi connectivity index (χ3n) is 3.93. The minimum atomic E-state index is 0. The van der Waals surface area contributed by atoms with Gasteiger partial charge >= 0.3 is 0 Å². The number of H-pyrrole nitrogens is 1. The lowest BCUT2D eigenvalue weighted by Crippen LogP contribution is -2.38. The fourth-order valence-corrected chi connectivity index (χ4v) is 2.61. The van der Waals surface area contributed by atoms with Crippen molar-refractivity contribution >= 4 is 29.9 Å². The van der Waals surface area contributed by atoms with Crippen molar-refractivity contribution in [3.63, 3.8) is 0 Å². The molecular weight excluding hydrogens is 443 g/mol. The summed E-state index contributed by atoms with van der Waals surface area (Å²) in [4.78, 5) is 8.67. The van der Waals surface area contributed by atoms with Crippen LogP contribution in [0.3, 0.4) is 0 Å². The first-order valence-electron chi connectivity index (χ1n) is 8.15. The molecule has 1 atom stereocenters. The Hall–Kier alpha value is -2.36. The van der Waals surface area contributed by atoms with Crippen LogP contribution in [0, 0.1) is 6.92 Å². The van der Waals surface area contributed by atoms with E-state index in [0.29, 0.717) is 29.9 Å². The van der Waals surface area contributed by atoms with Crippen LogP contribution in [0.4, 0.5) is 0 Å². The summed E-state index contributed by atoms with van der Waals surface area (Å²) in [6.07, 6.45) is 1.60. The van der Waals surface area contributed by atoms with Gasteiger partial charge in [-0.2, -0.15) is 0 Å². The van der Waals surface area contributed by atoms with Crippen LogP contribution in [0.5, 0.6) is 0 Å². The van der Waals surface area contributed by atoms with E-state index in [1.165, 1.54) is 11.1 Å². The highest BCUT2D eigenvalue weighted by atomic mass is 127. The molecule has 26 heavy (non-hydrogen) atoms. The zero-order valence-corrected chi connectivity index (χ0v) is 17.3. The molecule has 1 aromatic carbocycles. The van der Waals surface area contributed by atoms with Crippen molar-refractivity contribution in [2.45, 2.75) is 26.4 Å². The molecule has 3 aromatic rings. The molecule has 0 bridgehead atoms. The number of furan rings is 1. The first-order valence-corrected chi connectivity index (χ1v) is 8.15. The maximum atomic E-state index is 5.29. The van der Waals surface area contributed by atoms with Crippen molar-refractivity contribution in [3.05, 3.63) is 59.6 Å². The van der Waals surface area contributed by atoms with Crippen LogP contribution in [0.2, 0.25) is 0 Å². The predicted octanol–water partition coefficient (Wildman–Crippen LogP) is 3.42. The second-order valence-electron chi connectivity index (χ2n) is 5.73. The minimum absolute atomic E-state index is 0.